The standard InChI is InChI=1S/C16H26N2/c1-12(2)11-18-8-7-15-10-14(5-6-16(15)18)9-13(3)17-4/h5-6,10,12-13,17H,7-9,11H2,1-4H3. The molecule has 2 heteroatoms. The predicted octanol–water partition coefficient (Wildman–Crippen LogP) is 2.86. The van der Waals surface area contributed by atoms with E-state index in [0.717, 1.165) is 12.3 Å². The SMILES string of the molecule is CNC(C)Cc1ccc2c(c1)CCN2CC(C)C. The van der Waals surface area contributed by atoms with Crippen molar-refractivity contribution in [1.29, 1.82) is 0 Å². The second-order valence-corrected chi connectivity index (χ2v) is 5.95. The molecule has 1 aliphatic rings. The topological polar surface area (TPSA) is 15.3 Å². The number of anilines is 1. The third kappa shape index (κ3) is 3.05. The lowest BCUT2D eigenvalue weighted by atomic mass is 10.0. The van der Waals surface area contributed by atoms with Crippen LogP contribution in [-0.4, -0.2) is 26.2 Å². The Balaban J connectivity index is 2.10. The van der Waals surface area contributed by atoms with Crippen LogP contribution in [0.25, 0.3) is 0 Å². The predicted molar refractivity (Wildman–Crippen MR) is 79.4 cm³/mol. The summed E-state index contributed by atoms with van der Waals surface area (Å²) in [6.45, 7) is 9.19. The van der Waals surface area contributed by atoms with Crippen molar-refractivity contribution in [1.82, 2.24) is 5.32 Å². The van der Waals surface area contributed by atoms with E-state index in [2.05, 4.69) is 49.2 Å². The maximum atomic E-state index is 3.31. The average molecular weight is 246 g/mol. The van der Waals surface area contributed by atoms with Crippen LogP contribution in [0.5, 0.6) is 0 Å². The summed E-state index contributed by atoms with van der Waals surface area (Å²) in [5, 5.41) is 3.31. The van der Waals surface area contributed by atoms with E-state index >= 15 is 0 Å². The molecule has 0 saturated carbocycles. The molecule has 0 spiro atoms. The molecule has 18 heavy (non-hydrogen) atoms. The molecule has 0 aromatic heterocycles. The Kier molecular flexibility index (Phi) is 4.28. The van der Waals surface area contributed by atoms with Crippen molar-refractivity contribution in [2.75, 3.05) is 25.0 Å². The highest BCUT2D eigenvalue weighted by molar-refractivity contribution is 5.59. The molecule has 1 heterocycles. The average Bonchev–Trinajstić information content (AvgIpc) is 2.71. The molecular weight excluding hydrogens is 220 g/mol. The van der Waals surface area contributed by atoms with Gasteiger partial charge in [-0.15, -0.1) is 0 Å². The lowest BCUT2D eigenvalue weighted by Gasteiger charge is -2.22. The summed E-state index contributed by atoms with van der Waals surface area (Å²) < 4.78 is 0. The van der Waals surface area contributed by atoms with Gasteiger partial charge in [0, 0.05) is 24.8 Å². The lowest BCUT2D eigenvalue weighted by molar-refractivity contribution is 0.608. The van der Waals surface area contributed by atoms with Crippen molar-refractivity contribution in [3.05, 3.63) is 29.3 Å². The van der Waals surface area contributed by atoms with Gasteiger partial charge >= 0.3 is 0 Å². The van der Waals surface area contributed by atoms with Crippen LogP contribution in [0.4, 0.5) is 5.69 Å². The van der Waals surface area contributed by atoms with E-state index in [1.54, 1.807) is 0 Å². The van der Waals surface area contributed by atoms with Gasteiger partial charge in [0.2, 0.25) is 0 Å². The van der Waals surface area contributed by atoms with Gasteiger partial charge < -0.3 is 10.2 Å². The monoisotopic (exact) mass is 246 g/mol. The molecule has 0 saturated heterocycles. The molecule has 0 radical (unpaired) electrons. The number of benzene rings is 1. The molecular formula is C16H26N2. The van der Waals surface area contributed by atoms with E-state index < -0.39 is 0 Å². The summed E-state index contributed by atoms with van der Waals surface area (Å²) >= 11 is 0. The van der Waals surface area contributed by atoms with Crippen molar-refractivity contribution in [2.24, 2.45) is 5.92 Å². The zero-order valence-corrected chi connectivity index (χ0v) is 12.2. The zero-order chi connectivity index (χ0) is 13.1. The van der Waals surface area contributed by atoms with E-state index in [9.17, 15) is 0 Å². The number of hydrogen-bond acceptors (Lipinski definition) is 2. The number of hydrogen-bond donors (Lipinski definition) is 1. The van der Waals surface area contributed by atoms with E-state index in [-0.39, 0.29) is 0 Å². The molecule has 1 N–H and O–H groups in total. The summed E-state index contributed by atoms with van der Waals surface area (Å²) in [5.74, 6) is 0.736. The lowest BCUT2D eigenvalue weighted by Crippen LogP contribution is -2.25. The summed E-state index contributed by atoms with van der Waals surface area (Å²) in [4.78, 5) is 2.53. The van der Waals surface area contributed by atoms with E-state index in [1.807, 2.05) is 7.05 Å². The third-order valence-corrected chi connectivity index (χ3v) is 3.76. The van der Waals surface area contributed by atoms with E-state index in [0.29, 0.717) is 6.04 Å². The molecule has 1 aliphatic heterocycles. The van der Waals surface area contributed by atoms with Gasteiger partial charge in [-0.05, 0) is 49.9 Å². The largest absolute Gasteiger partial charge is 0.371 e. The Bertz CT molecular complexity index is 398. The van der Waals surface area contributed by atoms with Crippen molar-refractivity contribution < 1.29 is 0 Å². The van der Waals surface area contributed by atoms with Crippen LogP contribution < -0.4 is 10.2 Å². The van der Waals surface area contributed by atoms with Gasteiger partial charge in [0.05, 0.1) is 0 Å². The Morgan fingerprint density at radius 2 is 2.06 bits per heavy atom. The van der Waals surface area contributed by atoms with Gasteiger partial charge in [-0.3, -0.25) is 0 Å². The molecule has 0 bridgehead atoms. The maximum absolute atomic E-state index is 3.31. The van der Waals surface area contributed by atoms with E-state index in [4.69, 9.17) is 0 Å². The van der Waals surface area contributed by atoms with Gasteiger partial charge in [0.1, 0.15) is 0 Å². The second-order valence-electron chi connectivity index (χ2n) is 5.95. The Hall–Kier alpha value is -1.02. The molecule has 0 fully saturated rings. The Morgan fingerprint density at radius 1 is 1.28 bits per heavy atom. The van der Waals surface area contributed by atoms with Crippen molar-refractivity contribution >= 4 is 5.69 Å². The fourth-order valence-electron chi connectivity index (χ4n) is 2.74. The quantitative estimate of drug-likeness (QED) is 0.859. The first-order valence-corrected chi connectivity index (χ1v) is 7.14. The van der Waals surface area contributed by atoms with E-state index in [1.165, 1.54) is 36.3 Å². The maximum Gasteiger partial charge on any atom is 0.0399 e. The van der Waals surface area contributed by atoms with Gasteiger partial charge in [-0.2, -0.15) is 0 Å². The van der Waals surface area contributed by atoms with Gasteiger partial charge in [0.15, 0.2) is 0 Å². The molecule has 2 rings (SSSR count). The Labute approximate surface area is 111 Å². The molecule has 0 amide bonds. The van der Waals surface area contributed by atoms with Crippen LogP contribution in [0.1, 0.15) is 31.9 Å². The molecule has 1 aromatic rings. The summed E-state index contributed by atoms with van der Waals surface area (Å²) in [7, 11) is 2.03. The van der Waals surface area contributed by atoms with Gasteiger partial charge in [-0.25, -0.2) is 0 Å². The summed E-state index contributed by atoms with van der Waals surface area (Å²) in [5.41, 5.74) is 4.46. The zero-order valence-electron chi connectivity index (χ0n) is 12.2. The smallest absolute Gasteiger partial charge is 0.0399 e. The first-order valence-electron chi connectivity index (χ1n) is 7.14. The van der Waals surface area contributed by atoms with Crippen LogP contribution in [0.3, 0.4) is 0 Å². The number of nitrogens with zero attached hydrogens (tertiary/aromatic N) is 1. The first kappa shape index (κ1) is 13.4. The number of rotatable bonds is 5. The van der Waals surface area contributed by atoms with Crippen LogP contribution in [0.2, 0.25) is 0 Å². The molecule has 1 aromatic carbocycles. The fourth-order valence-corrected chi connectivity index (χ4v) is 2.74. The molecule has 100 valence electrons. The van der Waals surface area contributed by atoms with Gasteiger partial charge in [-0.1, -0.05) is 26.0 Å². The minimum absolute atomic E-state index is 0.552. The van der Waals surface area contributed by atoms with Crippen LogP contribution in [-0.2, 0) is 12.8 Å². The minimum Gasteiger partial charge on any atom is -0.371 e. The minimum atomic E-state index is 0.552. The second kappa shape index (κ2) is 5.75. The van der Waals surface area contributed by atoms with Gasteiger partial charge in [0.25, 0.3) is 0 Å². The van der Waals surface area contributed by atoms with Crippen molar-refractivity contribution in [2.45, 2.75) is 39.7 Å². The highest BCUT2D eigenvalue weighted by atomic mass is 15.1. The van der Waals surface area contributed by atoms with Crippen molar-refractivity contribution in [3.8, 4) is 0 Å². The normalized spacial score (nSPS) is 16.2. The Morgan fingerprint density at radius 3 is 2.72 bits per heavy atom. The van der Waals surface area contributed by atoms with Crippen LogP contribution >= 0.6 is 0 Å². The number of fused-ring (bicyclic) bond motifs is 1. The van der Waals surface area contributed by atoms with Crippen LogP contribution in [0.15, 0.2) is 18.2 Å². The van der Waals surface area contributed by atoms with Crippen molar-refractivity contribution in [3.63, 3.8) is 0 Å². The molecule has 2 nitrogen and oxygen atoms in total. The third-order valence-electron chi connectivity index (χ3n) is 3.76. The fraction of sp³-hybridized carbons (Fsp3) is 0.625. The first-order chi connectivity index (χ1) is 8.60. The number of nitrogens with one attached hydrogen (secondary N) is 1. The molecule has 1 atom stereocenters. The summed E-state index contributed by atoms with van der Waals surface area (Å²) in [6, 6.07) is 7.58. The highest BCUT2D eigenvalue weighted by Gasteiger charge is 2.19. The highest BCUT2D eigenvalue weighted by Crippen LogP contribution is 2.29. The number of likely N-dealkylation sites (N-methyl/N-ethyl adjacent to an activating group) is 1. The molecule has 1 unspecified atom stereocenters. The van der Waals surface area contributed by atoms with Crippen LogP contribution in [0, 0.1) is 5.92 Å². The summed E-state index contributed by atoms with van der Waals surface area (Å²) in [6.07, 6.45) is 2.33. The molecule has 0 aliphatic carbocycles.